The van der Waals surface area contributed by atoms with Gasteiger partial charge in [-0.2, -0.15) is 0 Å². The molecule has 1 unspecified atom stereocenters. The molecule has 0 aromatic heterocycles. The summed E-state index contributed by atoms with van der Waals surface area (Å²) >= 11 is 0. The second-order valence-corrected chi connectivity index (χ2v) is 5.06. The summed E-state index contributed by atoms with van der Waals surface area (Å²) in [5.74, 6) is -1.71. The van der Waals surface area contributed by atoms with Gasteiger partial charge in [0.1, 0.15) is 6.04 Å². The summed E-state index contributed by atoms with van der Waals surface area (Å²) in [6, 6.07) is 6.83. The number of nitrogens with zero attached hydrogens (tertiary/aromatic N) is 1. The van der Waals surface area contributed by atoms with Crippen molar-refractivity contribution in [3.8, 4) is 0 Å². The zero-order valence-electron chi connectivity index (χ0n) is 11.8. The zero-order valence-corrected chi connectivity index (χ0v) is 11.8. The number of hydrogen-bond acceptors (Lipinski definition) is 3. The molecule has 1 aromatic carbocycles. The predicted molar refractivity (Wildman–Crippen MR) is 75.4 cm³/mol. The molecule has 0 spiro atoms. The maximum absolute atomic E-state index is 12.3. The third kappa shape index (κ3) is 3.39. The lowest BCUT2D eigenvalue weighted by molar-refractivity contribution is -0.143. The van der Waals surface area contributed by atoms with Gasteiger partial charge < -0.3 is 15.3 Å². The third-order valence-electron chi connectivity index (χ3n) is 3.63. The van der Waals surface area contributed by atoms with Gasteiger partial charge in [0, 0.05) is 13.5 Å². The Labute approximate surface area is 122 Å². The average molecular weight is 290 g/mol. The number of benzene rings is 1. The molecule has 1 heterocycles. The molecule has 1 aliphatic rings. The van der Waals surface area contributed by atoms with E-state index in [2.05, 4.69) is 5.32 Å². The van der Waals surface area contributed by atoms with Crippen LogP contribution in [0.1, 0.15) is 31.4 Å². The highest BCUT2D eigenvalue weighted by molar-refractivity contribution is 5.90. The fourth-order valence-corrected chi connectivity index (χ4v) is 2.59. The van der Waals surface area contributed by atoms with Gasteiger partial charge >= 0.3 is 5.97 Å². The van der Waals surface area contributed by atoms with Crippen molar-refractivity contribution in [1.29, 1.82) is 0 Å². The maximum atomic E-state index is 12.3. The smallest absolute Gasteiger partial charge is 0.330 e. The summed E-state index contributed by atoms with van der Waals surface area (Å²) in [5, 5.41) is 11.8. The predicted octanol–water partition coefficient (Wildman–Crippen LogP) is 0.939. The molecule has 2 amide bonds. The molecule has 0 saturated carbocycles. The van der Waals surface area contributed by atoms with Crippen LogP contribution in [0.3, 0.4) is 0 Å². The minimum atomic E-state index is -1.12. The van der Waals surface area contributed by atoms with Crippen LogP contribution in [0, 0.1) is 0 Å². The summed E-state index contributed by atoms with van der Waals surface area (Å²) in [6.45, 7) is 1.95. The summed E-state index contributed by atoms with van der Waals surface area (Å²) in [7, 11) is 0. The number of aliphatic carboxylic acids is 1. The Morgan fingerprint density at radius 2 is 1.95 bits per heavy atom. The van der Waals surface area contributed by atoms with Crippen LogP contribution in [0.15, 0.2) is 30.3 Å². The first-order valence-electron chi connectivity index (χ1n) is 6.86. The van der Waals surface area contributed by atoms with Gasteiger partial charge in [-0.25, -0.2) is 4.79 Å². The van der Waals surface area contributed by atoms with E-state index in [1.54, 1.807) is 30.3 Å². The quantitative estimate of drug-likeness (QED) is 0.864. The van der Waals surface area contributed by atoms with Crippen molar-refractivity contribution in [3.63, 3.8) is 0 Å². The number of carboxylic acids is 1. The fraction of sp³-hybridized carbons (Fsp3) is 0.400. The third-order valence-corrected chi connectivity index (χ3v) is 3.63. The standard InChI is InChI=1S/C15H18N2O4/c1-10(18)17-9-5-8-12(17)14(19)16-13(15(20)21)11-6-3-2-4-7-11/h2-4,6-7,12-13H,5,8-9H2,1H3,(H,16,19)(H,20,21)/t12?,13-/m1/s1. The lowest BCUT2D eigenvalue weighted by Gasteiger charge is -2.24. The van der Waals surface area contributed by atoms with Crippen molar-refractivity contribution in [2.75, 3.05) is 6.54 Å². The highest BCUT2D eigenvalue weighted by atomic mass is 16.4. The average Bonchev–Trinajstić information content (AvgIpc) is 2.94. The van der Waals surface area contributed by atoms with Gasteiger partial charge in [-0.3, -0.25) is 9.59 Å². The van der Waals surface area contributed by atoms with Gasteiger partial charge in [-0.05, 0) is 18.4 Å². The second-order valence-electron chi connectivity index (χ2n) is 5.06. The van der Waals surface area contributed by atoms with Crippen LogP contribution >= 0.6 is 0 Å². The lowest BCUT2D eigenvalue weighted by atomic mass is 10.1. The number of rotatable bonds is 4. The highest BCUT2D eigenvalue weighted by Gasteiger charge is 2.34. The molecule has 112 valence electrons. The second kappa shape index (κ2) is 6.39. The Kier molecular flexibility index (Phi) is 4.57. The molecule has 6 nitrogen and oxygen atoms in total. The Bertz CT molecular complexity index is 544. The van der Waals surface area contributed by atoms with Crippen LogP contribution in [0.25, 0.3) is 0 Å². The first-order chi connectivity index (χ1) is 10.0. The lowest BCUT2D eigenvalue weighted by Crippen LogP contribution is -2.47. The van der Waals surface area contributed by atoms with E-state index in [0.29, 0.717) is 18.5 Å². The Morgan fingerprint density at radius 3 is 2.52 bits per heavy atom. The van der Waals surface area contributed by atoms with Crippen molar-refractivity contribution < 1.29 is 19.5 Å². The number of carboxylic acid groups (broad SMARTS) is 1. The molecule has 6 heteroatoms. The molecule has 1 aliphatic heterocycles. The minimum absolute atomic E-state index is 0.167. The van der Waals surface area contributed by atoms with E-state index >= 15 is 0 Å². The molecule has 0 aliphatic carbocycles. The summed E-state index contributed by atoms with van der Waals surface area (Å²) in [4.78, 5) is 36.6. The molecule has 2 atom stereocenters. The maximum Gasteiger partial charge on any atom is 0.330 e. The van der Waals surface area contributed by atoms with Crippen molar-refractivity contribution in [2.45, 2.75) is 31.8 Å². The van der Waals surface area contributed by atoms with Gasteiger partial charge in [0.25, 0.3) is 0 Å². The molecular formula is C15H18N2O4. The molecule has 1 fully saturated rings. The Hall–Kier alpha value is -2.37. The van der Waals surface area contributed by atoms with Crippen LogP contribution in [0.2, 0.25) is 0 Å². The van der Waals surface area contributed by atoms with Gasteiger partial charge in [-0.15, -0.1) is 0 Å². The molecule has 2 N–H and O–H groups in total. The number of carbonyl (C=O) groups is 3. The van der Waals surface area contributed by atoms with Crippen molar-refractivity contribution in [3.05, 3.63) is 35.9 Å². The van der Waals surface area contributed by atoms with E-state index in [1.807, 2.05) is 0 Å². The van der Waals surface area contributed by atoms with Crippen LogP contribution in [0.5, 0.6) is 0 Å². The largest absolute Gasteiger partial charge is 0.479 e. The van der Waals surface area contributed by atoms with E-state index in [0.717, 1.165) is 6.42 Å². The summed E-state index contributed by atoms with van der Waals surface area (Å²) < 4.78 is 0. The van der Waals surface area contributed by atoms with E-state index in [1.165, 1.54) is 11.8 Å². The fourth-order valence-electron chi connectivity index (χ4n) is 2.59. The van der Waals surface area contributed by atoms with Crippen LogP contribution in [-0.4, -0.2) is 40.4 Å². The van der Waals surface area contributed by atoms with Crippen molar-refractivity contribution in [1.82, 2.24) is 10.2 Å². The molecular weight excluding hydrogens is 272 g/mol. The van der Waals surface area contributed by atoms with Crippen molar-refractivity contribution >= 4 is 17.8 Å². The number of likely N-dealkylation sites (tertiary alicyclic amines) is 1. The van der Waals surface area contributed by atoms with Gasteiger partial charge in [-0.1, -0.05) is 30.3 Å². The van der Waals surface area contributed by atoms with Crippen LogP contribution in [0.4, 0.5) is 0 Å². The molecule has 1 saturated heterocycles. The van der Waals surface area contributed by atoms with Gasteiger partial charge in [0.15, 0.2) is 6.04 Å². The summed E-state index contributed by atoms with van der Waals surface area (Å²) in [5.41, 5.74) is 0.505. The molecule has 0 radical (unpaired) electrons. The van der Waals surface area contributed by atoms with Gasteiger partial charge in [0.05, 0.1) is 0 Å². The van der Waals surface area contributed by atoms with Gasteiger partial charge in [0.2, 0.25) is 11.8 Å². The SMILES string of the molecule is CC(=O)N1CCCC1C(=O)N[C@@H](C(=O)O)c1ccccc1. The van der Waals surface area contributed by atoms with Crippen LogP contribution in [-0.2, 0) is 14.4 Å². The number of carbonyl (C=O) groups excluding carboxylic acids is 2. The molecule has 1 aromatic rings. The van der Waals surface area contributed by atoms with E-state index in [4.69, 9.17) is 0 Å². The minimum Gasteiger partial charge on any atom is -0.479 e. The Balaban J connectivity index is 2.12. The first-order valence-corrected chi connectivity index (χ1v) is 6.86. The molecule has 0 bridgehead atoms. The highest BCUT2D eigenvalue weighted by Crippen LogP contribution is 2.19. The number of nitrogens with one attached hydrogen (secondary N) is 1. The monoisotopic (exact) mass is 290 g/mol. The van der Waals surface area contributed by atoms with E-state index < -0.39 is 24.0 Å². The number of hydrogen-bond donors (Lipinski definition) is 2. The van der Waals surface area contributed by atoms with Crippen molar-refractivity contribution in [2.24, 2.45) is 0 Å². The normalized spacial score (nSPS) is 19.1. The Morgan fingerprint density at radius 1 is 1.29 bits per heavy atom. The van der Waals surface area contributed by atoms with E-state index in [9.17, 15) is 19.5 Å². The molecule has 21 heavy (non-hydrogen) atoms. The van der Waals surface area contributed by atoms with E-state index in [-0.39, 0.29) is 5.91 Å². The zero-order chi connectivity index (χ0) is 15.4. The number of amides is 2. The van der Waals surface area contributed by atoms with Crippen LogP contribution < -0.4 is 5.32 Å². The first kappa shape index (κ1) is 15.0. The molecule has 2 rings (SSSR count). The topological polar surface area (TPSA) is 86.7 Å². The summed E-state index contributed by atoms with van der Waals surface area (Å²) in [6.07, 6.45) is 1.31.